The van der Waals surface area contributed by atoms with Gasteiger partial charge in [0.2, 0.25) is 5.91 Å². The average molecular weight is 448 g/mol. The lowest BCUT2D eigenvalue weighted by Gasteiger charge is -2.13. The quantitative estimate of drug-likeness (QED) is 0.564. The van der Waals surface area contributed by atoms with Gasteiger partial charge in [0.15, 0.2) is 0 Å². The molecule has 3 aromatic rings. The smallest absolute Gasteiger partial charge is 0.294 e. The molecular weight excluding hydrogens is 426 g/mol. The Kier molecular flexibility index (Phi) is 6.13. The highest BCUT2D eigenvalue weighted by Gasteiger charge is 2.36. The van der Waals surface area contributed by atoms with Crippen molar-refractivity contribution in [1.82, 2.24) is 9.47 Å². The number of nitrogens with zero attached hydrogens (tertiary/aromatic N) is 2. The van der Waals surface area contributed by atoms with E-state index in [1.54, 1.807) is 37.5 Å². The van der Waals surface area contributed by atoms with Crippen LogP contribution in [0.4, 0.5) is 10.5 Å². The van der Waals surface area contributed by atoms with Crippen molar-refractivity contribution in [3.63, 3.8) is 0 Å². The SMILES string of the molecule is COc1ccc(NC(=O)CN2C(=O)S/C(=C/c3cccn3-c3ccccc3C)C2=O)cc1. The summed E-state index contributed by atoms with van der Waals surface area (Å²) in [7, 11) is 1.55. The maximum atomic E-state index is 12.8. The van der Waals surface area contributed by atoms with Crippen LogP contribution < -0.4 is 10.1 Å². The number of carbonyl (C=O) groups excluding carboxylic acids is 3. The second-order valence-corrected chi connectivity index (χ2v) is 8.13. The molecule has 3 amide bonds. The third-order valence-corrected chi connectivity index (χ3v) is 5.89. The average Bonchev–Trinajstić information content (AvgIpc) is 3.34. The van der Waals surface area contributed by atoms with Gasteiger partial charge in [0, 0.05) is 23.3 Å². The lowest BCUT2D eigenvalue weighted by molar-refractivity contribution is -0.127. The van der Waals surface area contributed by atoms with Gasteiger partial charge in [0.1, 0.15) is 12.3 Å². The zero-order valence-electron chi connectivity index (χ0n) is 17.6. The van der Waals surface area contributed by atoms with Crippen molar-refractivity contribution in [2.45, 2.75) is 6.92 Å². The Morgan fingerprint density at radius 3 is 2.53 bits per heavy atom. The fourth-order valence-corrected chi connectivity index (χ4v) is 4.18. The molecule has 2 aromatic carbocycles. The van der Waals surface area contributed by atoms with E-state index >= 15 is 0 Å². The van der Waals surface area contributed by atoms with Crippen LogP contribution in [0.25, 0.3) is 11.8 Å². The topological polar surface area (TPSA) is 80.6 Å². The molecule has 0 saturated carbocycles. The molecule has 0 spiro atoms. The van der Waals surface area contributed by atoms with Crippen molar-refractivity contribution in [2.24, 2.45) is 0 Å². The molecule has 0 bridgehead atoms. The normalized spacial score (nSPS) is 14.8. The number of rotatable bonds is 6. The molecule has 0 aliphatic carbocycles. The van der Waals surface area contributed by atoms with Gasteiger partial charge in [-0.3, -0.25) is 19.3 Å². The molecule has 7 nitrogen and oxygen atoms in total. The fourth-order valence-electron chi connectivity index (χ4n) is 3.35. The van der Waals surface area contributed by atoms with Crippen molar-refractivity contribution in [2.75, 3.05) is 19.0 Å². The van der Waals surface area contributed by atoms with Gasteiger partial charge in [0.05, 0.1) is 12.0 Å². The first kappa shape index (κ1) is 21.5. The number of hydrogen-bond donors (Lipinski definition) is 1. The summed E-state index contributed by atoms with van der Waals surface area (Å²) < 4.78 is 7.04. The maximum Gasteiger partial charge on any atom is 0.294 e. The minimum absolute atomic E-state index is 0.279. The van der Waals surface area contributed by atoms with Gasteiger partial charge in [0.25, 0.3) is 11.1 Å². The summed E-state index contributed by atoms with van der Waals surface area (Å²) in [5.74, 6) is -0.279. The highest BCUT2D eigenvalue weighted by Crippen LogP contribution is 2.32. The van der Waals surface area contributed by atoms with E-state index in [4.69, 9.17) is 4.74 Å². The number of para-hydroxylation sites is 1. The van der Waals surface area contributed by atoms with Crippen molar-refractivity contribution in [3.05, 3.63) is 83.0 Å². The Morgan fingerprint density at radius 2 is 1.81 bits per heavy atom. The number of benzene rings is 2. The molecule has 8 heteroatoms. The van der Waals surface area contributed by atoms with Gasteiger partial charge >= 0.3 is 0 Å². The van der Waals surface area contributed by atoms with E-state index in [1.807, 2.05) is 54.1 Å². The van der Waals surface area contributed by atoms with E-state index in [9.17, 15) is 14.4 Å². The van der Waals surface area contributed by atoms with Crippen LogP contribution in [0.15, 0.2) is 71.8 Å². The van der Waals surface area contributed by atoms with Crippen LogP contribution in [0.1, 0.15) is 11.3 Å². The largest absolute Gasteiger partial charge is 0.497 e. The van der Waals surface area contributed by atoms with Crippen molar-refractivity contribution in [1.29, 1.82) is 0 Å². The lowest BCUT2D eigenvalue weighted by atomic mass is 10.2. The zero-order valence-corrected chi connectivity index (χ0v) is 18.4. The summed E-state index contributed by atoms with van der Waals surface area (Å²) in [5.41, 5.74) is 3.39. The molecule has 1 aromatic heterocycles. The Labute approximate surface area is 189 Å². The van der Waals surface area contributed by atoms with Crippen LogP contribution in [0.3, 0.4) is 0 Å². The number of methoxy groups -OCH3 is 1. The lowest BCUT2D eigenvalue weighted by Crippen LogP contribution is -2.36. The van der Waals surface area contributed by atoms with Crippen LogP contribution in [0.2, 0.25) is 0 Å². The van der Waals surface area contributed by atoms with Crippen molar-refractivity contribution >= 4 is 40.6 Å². The molecule has 1 N–H and O–H groups in total. The minimum Gasteiger partial charge on any atom is -0.497 e. The third-order valence-electron chi connectivity index (χ3n) is 4.98. The summed E-state index contributed by atoms with van der Waals surface area (Å²) in [5, 5.41) is 2.21. The fraction of sp³-hybridized carbons (Fsp3) is 0.125. The molecule has 32 heavy (non-hydrogen) atoms. The Bertz CT molecular complexity index is 1210. The molecule has 162 valence electrons. The summed E-state index contributed by atoms with van der Waals surface area (Å²) in [4.78, 5) is 38.9. The summed E-state index contributed by atoms with van der Waals surface area (Å²) in [6, 6.07) is 18.4. The summed E-state index contributed by atoms with van der Waals surface area (Å²) in [6.07, 6.45) is 3.58. The summed E-state index contributed by atoms with van der Waals surface area (Å²) >= 11 is 0.830. The van der Waals surface area contributed by atoms with E-state index < -0.39 is 17.1 Å². The molecule has 1 aliphatic rings. The number of thioether (sulfide) groups is 1. The molecule has 0 atom stereocenters. The summed E-state index contributed by atoms with van der Waals surface area (Å²) in [6.45, 7) is 1.65. The first-order chi connectivity index (χ1) is 15.5. The van der Waals surface area contributed by atoms with Gasteiger partial charge < -0.3 is 14.6 Å². The number of anilines is 1. The molecule has 4 rings (SSSR count). The van der Waals surface area contributed by atoms with Crippen LogP contribution in [-0.4, -0.2) is 40.2 Å². The predicted molar refractivity (Wildman–Crippen MR) is 125 cm³/mol. The van der Waals surface area contributed by atoms with Crippen molar-refractivity contribution < 1.29 is 19.1 Å². The first-order valence-corrected chi connectivity index (χ1v) is 10.7. The monoisotopic (exact) mass is 447 g/mol. The number of ether oxygens (including phenoxy) is 1. The second kappa shape index (κ2) is 9.15. The number of carbonyl (C=O) groups is 3. The predicted octanol–water partition coefficient (Wildman–Crippen LogP) is 4.47. The Morgan fingerprint density at radius 1 is 1.06 bits per heavy atom. The van der Waals surface area contributed by atoms with Crippen LogP contribution in [0.5, 0.6) is 5.75 Å². The van der Waals surface area contributed by atoms with E-state index in [0.717, 1.165) is 33.6 Å². The Hall–Kier alpha value is -3.78. The van der Waals surface area contributed by atoms with Gasteiger partial charge in [-0.1, -0.05) is 18.2 Å². The number of amides is 3. The molecule has 2 heterocycles. The van der Waals surface area contributed by atoms with Gasteiger partial charge in [-0.25, -0.2) is 0 Å². The maximum absolute atomic E-state index is 12.8. The molecule has 1 saturated heterocycles. The molecule has 0 unspecified atom stereocenters. The minimum atomic E-state index is -0.484. The van der Waals surface area contributed by atoms with Crippen molar-refractivity contribution in [3.8, 4) is 11.4 Å². The number of imide groups is 1. The number of hydrogen-bond acceptors (Lipinski definition) is 5. The van der Waals surface area contributed by atoms with Crippen LogP contribution in [-0.2, 0) is 9.59 Å². The van der Waals surface area contributed by atoms with Gasteiger partial charge in [-0.2, -0.15) is 0 Å². The Balaban J connectivity index is 1.49. The molecular formula is C24H21N3O4S. The molecule has 0 radical (unpaired) electrons. The van der Waals surface area contributed by atoms with E-state index in [2.05, 4.69) is 5.32 Å². The highest BCUT2D eigenvalue weighted by atomic mass is 32.2. The standard InChI is InChI=1S/C24H21N3O4S/c1-16-6-3-4-8-20(16)26-13-5-7-18(26)14-21-23(29)27(24(30)32-21)15-22(28)25-17-9-11-19(31-2)12-10-17/h3-14H,15H2,1-2H3,(H,25,28)/b21-14+. The first-order valence-electron chi connectivity index (χ1n) is 9.89. The highest BCUT2D eigenvalue weighted by molar-refractivity contribution is 8.18. The van der Waals surface area contributed by atoms with E-state index in [-0.39, 0.29) is 11.4 Å². The van der Waals surface area contributed by atoms with Crippen LogP contribution in [0, 0.1) is 6.92 Å². The van der Waals surface area contributed by atoms with Gasteiger partial charge in [-0.05, 0) is 72.8 Å². The zero-order chi connectivity index (χ0) is 22.7. The van der Waals surface area contributed by atoms with E-state index in [1.165, 1.54) is 0 Å². The molecule has 1 fully saturated rings. The second-order valence-electron chi connectivity index (χ2n) is 7.13. The number of nitrogens with one attached hydrogen (secondary N) is 1. The molecule has 1 aliphatic heterocycles. The number of aryl methyl sites for hydroxylation is 1. The van der Waals surface area contributed by atoms with E-state index in [0.29, 0.717) is 11.4 Å². The van der Waals surface area contributed by atoms with Gasteiger partial charge in [-0.15, -0.1) is 0 Å². The van der Waals surface area contributed by atoms with Crippen LogP contribution >= 0.6 is 11.8 Å². The number of aromatic nitrogens is 1. The third kappa shape index (κ3) is 4.45.